The minimum atomic E-state index is -0.309. The maximum Gasteiger partial charge on any atom is 0.344 e. The Kier molecular flexibility index (Phi) is 22.4. The predicted octanol–water partition coefficient (Wildman–Crippen LogP) is 16.0. The van der Waals surface area contributed by atoms with E-state index in [4.69, 9.17) is 9.47 Å². The molecule has 2 aliphatic heterocycles. The molecule has 0 saturated heterocycles. The summed E-state index contributed by atoms with van der Waals surface area (Å²) >= 11 is 7.24. The minimum Gasteiger partial charge on any atom is -0.422 e. The van der Waals surface area contributed by atoms with Crippen LogP contribution in [0.5, 0.6) is 11.5 Å². The highest BCUT2D eigenvalue weighted by atomic mass is 79.9. The summed E-state index contributed by atoms with van der Waals surface area (Å²) in [5.74, 6) is 1.85. The summed E-state index contributed by atoms with van der Waals surface area (Å²) in [6.07, 6.45) is 33.9. The predicted molar refractivity (Wildman–Crippen MR) is 267 cm³/mol. The van der Waals surface area contributed by atoms with Gasteiger partial charge in [0.1, 0.15) is 11.5 Å². The highest BCUT2D eigenvalue weighted by Crippen LogP contribution is 2.37. The molecule has 6 heteroatoms. The molecular formula is C56H78Br2O4. The number of unbranched alkanes of at least 4 members (excludes halogenated alkanes) is 16. The van der Waals surface area contributed by atoms with Gasteiger partial charge in [0.2, 0.25) is 0 Å². The van der Waals surface area contributed by atoms with Crippen molar-refractivity contribution in [1.82, 2.24) is 0 Å². The van der Waals surface area contributed by atoms with Crippen LogP contribution in [0.4, 0.5) is 0 Å². The molecule has 0 saturated carbocycles. The fraction of sp³-hybridized carbons (Fsp3) is 0.607. The van der Waals surface area contributed by atoms with Crippen molar-refractivity contribution < 1.29 is 19.1 Å². The van der Waals surface area contributed by atoms with E-state index < -0.39 is 0 Å². The van der Waals surface area contributed by atoms with Gasteiger partial charge in [0, 0.05) is 30.5 Å². The van der Waals surface area contributed by atoms with Crippen LogP contribution in [0, 0.1) is 11.8 Å². The average molecular weight is 975 g/mol. The minimum absolute atomic E-state index is 0.309. The molecule has 0 bridgehead atoms. The van der Waals surface area contributed by atoms with Gasteiger partial charge in [-0.15, -0.1) is 0 Å². The molecule has 62 heavy (non-hydrogen) atoms. The van der Waals surface area contributed by atoms with E-state index in [1.54, 1.807) is 0 Å². The number of hydrogen-bond acceptors (Lipinski definition) is 4. The molecule has 0 N–H and O–H groups in total. The fourth-order valence-electron chi connectivity index (χ4n) is 9.99. The molecule has 5 rings (SSSR count). The van der Waals surface area contributed by atoms with Crippen molar-refractivity contribution >= 4 is 54.9 Å². The van der Waals surface area contributed by atoms with Crippen LogP contribution in [0.25, 0.3) is 11.1 Å². The zero-order valence-corrected chi connectivity index (χ0v) is 42.1. The lowest BCUT2D eigenvalue weighted by molar-refractivity contribution is -0.128. The lowest BCUT2D eigenvalue weighted by atomic mass is 9.85. The van der Waals surface area contributed by atoms with Gasteiger partial charge in [-0.3, -0.25) is 0 Å². The average Bonchev–Trinajstić information content (AvgIpc) is 3.80. The van der Waals surface area contributed by atoms with E-state index in [0.717, 1.165) is 67.3 Å². The Morgan fingerprint density at radius 2 is 0.694 bits per heavy atom. The summed E-state index contributed by atoms with van der Waals surface area (Å²) < 4.78 is 15.0. The summed E-state index contributed by atoms with van der Waals surface area (Å²) in [5, 5.41) is 1.71. The van der Waals surface area contributed by atoms with Crippen LogP contribution in [0.1, 0.15) is 217 Å². The standard InChI is InChI=1S/C56H78Br2O4/c1-5-9-13-17-19-23-27-41(25-21-15-11-7-3)29-39-47-51-49(43-31-35-45(57)36-32-43)55(59)62-54(51)48(52-50(56(60)61-53(47)52)44-33-37-46(58)38-34-44)40-30-42(26-22-16-12-8-4)28-24-20-18-14-10-6-2/h31-38,41-42H,5-30,39-40H2,1-4H3. The molecular weight excluding hydrogens is 896 g/mol. The molecule has 0 fully saturated rings. The van der Waals surface area contributed by atoms with Gasteiger partial charge < -0.3 is 9.47 Å². The first-order chi connectivity index (χ1) is 30.3. The Morgan fingerprint density at radius 1 is 0.403 bits per heavy atom. The summed E-state index contributed by atoms with van der Waals surface area (Å²) in [5.41, 5.74) is 4.80. The van der Waals surface area contributed by atoms with Crippen molar-refractivity contribution in [3.05, 3.63) is 90.2 Å². The monoisotopic (exact) mass is 972 g/mol. The van der Waals surface area contributed by atoms with Gasteiger partial charge in [-0.25, -0.2) is 9.59 Å². The van der Waals surface area contributed by atoms with Crippen molar-refractivity contribution in [2.75, 3.05) is 0 Å². The van der Waals surface area contributed by atoms with Crippen molar-refractivity contribution in [1.29, 1.82) is 0 Å². The molecule has 2 heterocycles. The number of carbonyl (C=O) groups excluding carboxylic acids is 2. The van der Waals surface area contributed by atoms with E-state index in [2.05, 4.69) is 59.6 Å². The fourth-order valence-corrected chi connectivity index (χ4v) is 10.5. The van der Waals surface area contributed by atoms with E-state index in [9.17, 15) is 9.59 Å². The highest BCUT2D eigenvalue weighted by Gasteiger charge is 2.37. The van der Waals surface area contributed by atoms with Gasteiger partial charge in [0.15, 0.2) is 0 Å². The highest BCUT2D eigenvalue weighted by molar-refractivity contribution is 9.10. The van der Waals surface area contributed by atoms with Crippen molar-refractivity contribution in [3.8, 4) is 11.5 Å². The zero-order chi connectivity index (χ0) is 44.1. The molecule has 3 aromatic carbocycles. The van der Waals surface area contributed by atoms with Gasteiger partial charge in [-0.05, 0) is 72.9 Å². The second-order valence-corrected chi connectivity index (χ2v) is 20.4. The van der Waals surface area contributed by atoms with Crippen LogP contribution in [-0.4, -0.2) is 11.9 Å². The SMILES string of the molecule is CCCCCCCCC(CCCCCC)CCc1c2c(c(CCC(CCCCCC)CCCCCCCC)c3c1=C(c1ccc(Br)cc1)C(=O)O3)=C(c1ccc(Br)cc1)C(=O)O2. The summed E-state index contributed by atoms with van der Waals surface area (Å²) in [6.45, 7) is 9.13. The van der Waals surface area contributed by atoms with E-state index in [1.807, 2.05) is 48.5 Å². The van der Waals surface area contributed by atoms with Gasteiger partial charge in [-0.2, -0.15) is 0 Å². The van der Waals surface area contributed by atoms with Crippen LogP contribution in [0.3, 0.4) is 0 Å². The number of halogens is 2. The van der Waals surface area contributed by atoms with Crippen LogP contribution in [0.15, 0.2) is 57.5 Å². The van der Waals surface area contributed by atoms with Crippen molar-refractivity contribution in [2.24, 2.45) is 11.8 Å². The molecule has 0 amide bonds. The Hall–Kier alpha value is -2.70. The quantitative estimate of drug-likeness (QED) is 0.0355. The summed E-state index contributed by atoms with van der Waals surface area (Å²) in [4.78, 5) is 28.8. The number of benzene rings is 3. The van der Waals surface area contributed by atoms with Gasteiger partial charge in [0.25, 0.3) is 0 Å². The number of ether oxygens (including phenoxy) is 2. The molecule has 0 spiro atoms. The van der Waals surface area contributed by atoms with E-state index in [0.29, 0.717) is 34.5 Å². The lowest BCUT2D eigenvalue weighted by Crippen LogP contribution is -2.24. The van der Waals surface area contributed by atoms with Gasteiger partial charge >= 0.3 is 11.9 Å². The molecule has 2 unspecified atom stereocenters. The Morgan fingerprint density at radius 3 is 1.02 bits per heavy atom. The zero-order valence-electron chi connectivity index (χ0n) is 39.0. The molecule has 340 valence electrons. The third kappa shape index (κ3) is 14.7. The van der Waals surface area contributed by atoms with Crippen LogP contribution >= 0.6 is 31.9 Å². The maximum absolute atomic E-state index is 14.4. The number of carbonyl (C=O) groups is 2. The Labute approximate surface area is 392 Å². The normalized spacial score (nSPS) is 14.3. The molecule has 4 nitrogen and oxygen atoms in total. The summed E-state index contributed by atoms with van der Waals surface area (Å²) in [6, 6.07) is 16.1. The maximum atomic E-state index is 14.4. The first-order valence-corrected chi connectivity index (χ1v) is 26.8. The lowest BCUT2D eigenvalue weighted by Gasteiger charge is -2.20. The van der Waals surface area contributed by atoms with Gasteiger partial charge in [-0.1, -0.05) is 238 Å². The molecule has 0 radical (unpaired) electrons. The molecule has 0 aliphatic carbocycles. The third-order valence-corrected chi connectivity index (χ3v) is 14.7. The smallest absolute Gasteiger partial charge is 0.344 e. The molecule has 0 aromatic heterocycles. The van der Waals surface area contributed by atoms with Gasteiger partial charge in [0.05, 0.1) is 11.1 Å². The number of esters is 2. The van der Waals surface area contributed by atoms with Crippen LogP contribution in [0.2, 0.25) is 0 Å². The van der Waals surface area contributed by atoms with E-state index in [1.165, 1.54) is 154 Å². The number of fused-ring (bicyclic) bond motifs is 2. The Bertz CT molecular complexity index is 1820. The third-order valence-electron chi connectivity index (χ3n) is 13.6. The first kappa shape index (κ1) is 50.3. The topological polar surface area (TPSA) is 52.6 Å². The molecule has 2 atom stereocenters. The number of rotatable bonds is 32. The number of hydrogen-bond donors (Lipinski definition) is 0. The van der Waals surface area contributed by atoms with E-state index >= 15 is 0 Å². The summed E-state index contributed by atoms with van der Waals surface area (Å²) in [7, 11) is 0. The van der Waals surface area contributed by atoms with Crippen LogP contribution < -0.4 is 19.9 Å². The van der Waals surface area contributed by atoms with Crippen molar-refractivity contribution in [2.45, 2.75) is 207 Å². The Balaban J connectivity index is 1.63. The molecule has 3 aromatic rings. The largest absolute Gasteiger partial charge is 0.422 e. The van der Waals surface area contributed by atoms with Crippen molar-refractivity contribution in [3.63, 3.8) is 0 Å². The second kappa shape index (κ2) is 27.6. The first-order valence-electron chi connectivity index (χ1n) is 25.2. The molecule has 2 aliphatic rings. The van der Waals surface area contributed by atoms with Crippen LogP contribution in [-0.2, 0) is 22.4 Å². The second-order valence-electron chi connectivity index (χ2n) is 18.5. The van der Waals surface area contributed by atoms with E-state index in [-0.39, 0.29) is 11.9 Å².